The van der Waals surface area contributed by atoms with Crippen LogP contribution in [0.2, 0.25) is 0 Å². The fourth-order valence-corrected chi connectivity index (χ4v) is 2.41. The van der Waals surface area contributed by atoms with Gasteiger partial charge < -0.3 is 14.4 Å². The number of carbonyl (C=O) groups is 1. The molecule has 0 aliphatic carbocycles. The van der Waals surface area contributed by atoms with Gasteiger partial charge in [0.25, 0.3) is 5.91 Å². The van der Waals surface area contributed by atoms with E-state index in [1.165, 1.54) is 0 Å². The van der Waals surface area contributed by atoms with Gasteiger partial charge in [0.15, 0.2) is 0 Å². The Labute approximate surface area is 102 Å². The molecule has 94 valence electrons. The van der Waals surface area contributed by atoms with Gasteiger partial charge in [0.05, 0.1) is 12.5 Å². The molecule has 1 aliphatic rings. The molecule has 1 atom stereocenters. The van der Waals surface area contributed by atoms with Gasteiger partial charge in [0, 0.05) is 26.7 Å². The number of nitrogens with zero attached hydrogens (tertiary/aromatic N) is 4. The number of hydrogen-bond donors (Lipinski definition) is 0. The van der Waals surface area contributed by atoms with Crippen LogP contribution in [0, 0.1) is 5.92 Å². The van der Waals surface area contributed by atoms with Gasteiger partial charge in [0.1, 0.15) is 5.69 Å². The lowest BCUT2D eigenvalue weighted by Crippen LogP contribution is -2.31. The van der Waals surface area contributed by atoms with Gasteiger partial charge in [-0.1, -0.05) is 0 Å². The minimum atomic E-state index is 0.103. The molecule has 0 radical (unpaired) electrons. The summed E-state index contributed by atoms with van der Waals surface area (Å²) in [7, 11) is 6.00. The first kappa shape index (κ1) is 12.1. The van der Waals surface area contributed by atoms with Gasteiger partial charge in [-0.05, 0) is 26.4 Å². The zero-order chi connectivity index (χ0) is 12.4. The molecule has 2 heterocycles. The predicted molar refractivity (Wildman–Crippen MR) is 65.8 cm³/mol. The molecule has 0 spiro atoms. The third-order valence-electron chi connectivity index (χ3n) is 3.23. The zero-order valence-corrected chi connectivity index (χ0v) is 10.8. The van der Waals surface area contributed by atoms with Crippen molar-refractivity contribution in [1.29, 1.82) is 0 Å². The van der Waals surface area contributed by atoms with Crippen LogP contribution in [0.15, 0.2) is 12.5 Å². The lowest BCUT2D eigenvalue weighted by molar-refractivity contribution is 0.0775. The first-order valence-corrected chi connectivity index (χ1v) is 5.98. The molecule has 1 amide bonds. The summed E-state index contributed by atoms with van der Waals surface area (Å²) in [4.78, 5) is 20.3. The van der Waals surface area contributed by atoms with Gasteiger partial charge in [-0.15, -0.1) is 0 Å². The van der Waals surface area contributed by atoms with E-state index in [9.17, 15) is 4.79 Å². The minimum absolute atomic E-state index is 0.103. The number of hydrogen-bond acceptors (Lipinski definition) is 3. The topological polar surface area (TPSA) is 41.4 Å². The second-order valence-electron chi connectivity index (χ2n) is 5.06. The summed E-state index contributed by atoms with van der Waals surface area (Å²) in [5.41, 5.74) is 0.676. The predicted octanol–water partition coefficient (Wildman–Crippen LogP) is 0.444. The molecule has 0 bridgehead atoms. The van der Waals surface area contributed by atoms with Gasteiger partial charge >= 0.3 is 0 Å². The molecule has 2 rings (SSSR count). The molecule has 1 saturated heterocycles. The van der Waals surface area contributed by atoms with Crippen LogP contribution in [0.25, 0.3) is 0 Å². The molecule has 0 saturated carbocycles. The maximum absolute atomic E-state index is 12.2. The first-order chi connectivity index (χ1) is 8.08. The summed E-state index contributed by atoms with van der Waals surface area (Å²) in [6.45, 7) is 2.78. The average Bonchev–Trinajstić information content (AvgIpc) is 2.85. The van der Waals surface area contributed by atoms with Crippen LogP contribution in [0.5, 0.6) is 0 Å². The van der Waals surface area contributed by atoms with Crippen molar-refractivity contribution < 1.29 is 4.79 Å². The fourth-order valence-electron chi connectivity index (χ4n) is 2.41. The van der Waals surface area contributed by atoms with E-state index in [1.54, 1.807) is 17.1 Å². The van der Waals surface area contributed by atoms with Crippen molar-refractivity contribution >= 4 is 5.91 Å². The van der Waals surface area contributed by atoms with Crippen molar-refractivity contribution in [3.05, 3.63) is 18.2 Å². The molecule has 1 unspecified atom stereocenters. The average molecular weight is 236 g/mol. The van der Waals surface area contributed by atoms with E-state index in [4.69, 9.17) is 0 Å². The van der Waals surface area contributed by atoms with Gasteiger partial charge in [-0.3, -0.25) is 4.79 Å². The summed E-state index contributed by atoms with van der Waals surface area (Å²) in [6.07, 6.45) is 4.41. The normalized spacial score (nSPS) is 20.2. The van der Waals surface area contributed by atoms with Crippen LogP contribution in [-0.4, -0.2) is 59.0 Å². The van der Waals surface area contributed by atoms with Crippen LogP contribution >= 0.6 is 0 Å². The molecule has 17 heavy (non-hydrogen) atoms. The molecular formula is C12H20N4O. The maximum Gasteiger partial charge on any atom is 0.272 e. The van der Waals surface area contributed by atoms with Crippen molar-refractivity contribution in [3.8, 4) is 0 Å². The lowest BCUT2D eigenvalue weighted by atomic mass is 10.1. The highest BCUT2D eigenvalue weighted by atomic mass is 16.2. The van der Waals surface area contributed by atoms with Crippen molar-refractivity contribution in [2.45, 2.75) is 6.42 Å². The van der Waals surface area contributed by atoms with E-state index < -0.39 is 0 Å². The van der Waals surface area contributed by atoms with Crippen LogP contribution in [0.4, 0.5) is 0 Å². The molecule has 0 aromatic carbocycles. The Kier molecular flexibility index (Phi) is 3.47. The largest absolute Gasteiger partial charge is 0.337 e. The number of aryl methyl sites for hydroxylation is 1. The first-order valence-electron chi connectivity index (χ1n) is 5.98. The Hall–Kier alpha value is -1.36. The minimum Gasteiger partial charge on any atom is -0.337 e. The number of carbonyl (C=O) groups excluding carboxylic acids is 1. The van der Waals surface area contributed by atoms with Gasteiger partial charge in [-0.25, -0.2) is 4.98 Å². The van der Waals surface area contributed by atoms with E-state index >= 15 is 0 Å². The molecule has 1 aliphatic heterocycles. The number of rotatable bonds is 3. The highest BCUT2D eigenvalue weighted by Gasteiger charge is 2.28. The van der Waals surface area contributed by atoms with E-state index in [0.29, 0.717) is 11.6 Å². The number of imidazole rings is 1. The molecule has 1 aromatic heterocycles. The summed E-state index contributed by atoms with van der Waals surface area (Å²) in [5.74, 6) is 0.702. The number of likely N-dealkylation sites (tertiary alicyclic amines) is 1. The van der Waals surface area contributed by atoms with E-state index in [-0.39, 0.29) is 5.91 Å². The van der Waals surface area contributed by atoms with Crippen LogP contribution in [0.1, 0.15) is 16.9 Å². The Morgan fingerprint density at radius 3 is 2.94 bits per heavy atom. The molecular weight excluding hydrogens is 216 g/mol. The number of aromatic nitrogens is 2. The highest BCUT2D eigenvalue weighted by molar-refractivity contribution is 5.92. The molecule has 1 fully saturated rings. The SMILES string of the molecule is CN(C)CC1CCN(C(=O)c2cncn2C)C1. The summed E-state index contributed by atoms with van der Waals surface area (Å²) < 4.78 is 1.78. The Bertz CT molecular complexity index is 399. The van der Waals surface area contributed by atoms with Crippen LogP contribution in [-0.2, 0) is 7.05 Å². The van der Waals surface area contributed by atoms with Gasteiger partial charge in [0.2, 0.25) is 0 Å². The molecule has 5 heteroatoms. The Morgan fingerprint density at radius 2 is 2.35 bits per heavy atom. The monoisotopic (exact) mass is 236 g/mol. The Balaban J connectivity index is 1.97. The highest BCUT2D eigenvalue weighted by Crippen LogP contribution is 2.18. The maximum atomic E-state index is 12.2. The van der Waals surface area contributed by atoms with Crippen molar-refractivity contribution in [2.24, 2.45) is 13.0 Å². The molecule has 0 N–H and O–H groups in total. The second kappa shape index (κ2) is 4.87. The van der Waals surface area contributed by atoms with Crippen molar-refractivity contribution in [2.75, 3.05) is 33.7 Å². The van der Waals surface area contributed by atoms with E-state index in [1.807, 2.05) is 11.9 Å². The standard InChI is InChI=1S/C12H20N4O/c1-14(2)7-10-4-5-16(8-10)12(17)11-6-13-9-15(11)3/h6,9-10H,4-5,7-8H2,1-3H3. The summed E-state index contributed by atoms with van der Waals surface area (Å²) in [5, 5.41) is 0. The van der Waals surface area contributed by atoms with Crippen LogP contribution < -0.4 is 0 Å². The quantitative estimate of drug-likeness (QED) is 0.765. The lowest BCUT2D eigenvalue weighted by Gasteiger charge is -2.18. The van der Waals surface area contributed by atoms with E-state index in [0.717, 1.165) is 26.1 Å². The fraction of sp³-hybridized carbons (Fsp3) is 0.667. The van der Waals surface area contributed by atoms with Crippen LogP contribution in [0.3, 0.4) is 0 Å². The zero-order valence-electron chi connectivity index (χ0n) is 10.8. The third kappa shape index (κ3) is 2.66. The summed E-state index contributed by atoms with van der Waals surface area (Å²) in [6, 6.07) is 0. The smallest absolute Gasteiger partial charge is 0.272 e. The second-order valence-corrected chi connectivity index (χ2v) is 5.06. The summed E-state index contributed by atoms with van der Waals surface area (Å²) >= 11 is 0. The van der Waals surface area contributed by atoms with E-state index in [2.05, 4.69) is 24.0 Å². The molecule has 1 aromatic rings. The van der Waals surface area contributed by atoms with Crippen molar-refractivity contribution in [3.63, 3.8) is 0 Å². The third-order valence-corrected chi connectivity index (χ3v) is 3.23. The van der Waals surface area contributed by atoms with Crippen molar-refractivity contribution in [1.82, 2.24) is 19.4 Å². The Morgan fingerprint density at radius 1 is 1.59 bits per heavy atom. The molecule has 5 nitrogen and oxygen atoms in total. The van der Waals surface area contributed by atoms with Gasteiger partial charge in [-0.2, -0.15) is 0 Å². The number of amides is 1.